The van der Waals surface area contributed by atoms with Gasteiger partial charge in [0, 0.05) is 13.0 Å². The second-order valence-corrected chi connectivity index (χ2v) is 18.5. The van der Waals surface area contributed by atoms with Crippen LogP contribution >= 0.6 is 7.82 Å². The van der Waals surface area contributed by atoms with Crippen LogP contribution in [0.25, 0.3) is 0 Å². The minimum absolute atomic E-state index is 0.0174. The minimum Gasteiger partial charge on any atom is -0.756 e. The van der Waals surface area contributed by atoms with Crippen molar-refractivity contribution >= 4 is 13.8 Å². The van der Waals surface area contributed by atoms with Crippen LogP contribution < -0.4 is 4.89 Å². The van der Waals surface area contributed by atoms with E-state index in [2.05, 4.69) is 98.9 Å². The lowest BCUT2D eigenvalue weighted by molar-refractivity contribution is -0.870. The number of nitrogens with zero attached hydrogens (tertiary/aromatic N) is 1. The lowest BCUT2D eigenvalue weighted by atomic mass is 10.1. The maximum atomic E-state index is 12.7. The third kappa shape index (κ3) is 48.6. The number of phosphoric acid groups is 1. The summed E-state index contributed by atoms with van der Waals surface area (Å²) >= 11 is 0. The number of carbonyl (C=O) groups is 1. The molecule has 0 aromatic carbocycles. The van der Waals surface area contributed by atoms with Crippen LogP contribution in [0.4, 0.5) is 0 Å². The highest BCUT2D eigenvalue weighted by Crippen LogP contribution is 2.38. The van der Waals surface area contributed by atoms with Crippen LogP contribution in [-0.2, 0) is 27.9 Å². The molecule has 0 aliphatic heterocycles. The van der Waals surface area contributed by atoms with Crippen molar-refractivity contribution in [3.8, 4) is 0 Å². The number of carbonyl (C=O) groups excluding carboxylic acids is 1. The Labute approximate surface area is 375 Å². The number of quaternary nitrogens is 1. The molecule has 8 nitrogen and oxygen atoms in total. The molecule has 0 N–H and O–H groups in total. The van der Waals surface area contributed by atoms with Crippen molar-refractivity contribution in [2.45, 2.75) is 187 Å². The summed E-state index contributed by atoms with van der Waals surface area (Å²) in [7, 11) is 1.33. The third-order valence-corrected chi connectivity index (χ3v) is 10.9. The molecule has 0 saturated heterocycles. The summed E-state index contributed by atoms with van der Waals surface area (Å²) < 4.78 is 34.6. The van der Waals surface area contributed by atoms with Gasteiger partial charge >= 0.3 is 5.97 Å². The van der Waals surface area contributed by atoms with Crippen LogP contribution in [0.3, 0.4) is 0 Å². The number of phosphoric ester groups is 1. The van der Waals surface area contributed by atoms with Gasteiger partial charge in [0.25, 0.3) is 7.82 Å². The van der Waals surface area contributed by atoms with Gasteiger partial charge in [-0.1, -0.05) is 170 Å². The number of unbranched alkanes of at least 4 members (excludes halogenated alkanes) is 16. The van der Waals surface area contributed by atoms with Crippen LogP contribution in [0, 0.1) is 0 Å². The molecule has 0 bridgehead atoms. The SMILES string of the molecule is CC/C=C\C/C=C\C/C=C\C/C=C\C/C=C\C/C=C\CCCCCCCCC(=O)OC(COCCCCCCCC/C=C\CCCCCC)COP(=O)([O-])OCC[N+](C)(C)C. The average molecular weight is 874 g/mol. The zero-order valence-electron chi connectivity index (χ0n) is 39.8. The number of allylic oxidation sites excluding steroid dienone is 14. The van der Waals surface area contributed by atoms with Crippen molar-refractivity contribution in [3.63, 3.8) is 0 Å². The molecule has 0 aliphatic rings. The first kappa shape index (κ1) is 58.7. The smallest absolute Gasteiger partial charge is 0.306 e. The summed E-state index contributed by atoms with van der Waals surface area (Å²) in [4.78, 5) is 25.1. The predicted octanol–water partition coefficient (Wildman–Crippen LogP) is 14.2. The van der Waals surface area contributed by atoms with Gasteiger partial charge in [-0.3, -0.25) is 9.36 Å². The minimum atomic E-state index is -4.54. The molecule has 0 amide bonds. The highest BCUT2D eigenvalue weighted by Gasteiger charge is 2.20. The Morgan fingerprint density at radius 2 is 0.951 bits per heavy atom. The molecule has 9 heteroatoms. The van der Waals surface area contributed by atoms with Gasteiger partial charge in [-0.05, 0) is 89.9 Å². The monoisotopic (exact) mass is 874 g/mol. The topological polar surface area (TPSA) is 94.1 Å². The average Bonchev–Trinajstić information content (AvgIpc) is 3.22. The first-order valence-corrected chi connectivity index (χ1v) is 25.8. The molecular weight excluding hydrogens is 782 g/mol. The Balaban J connectivity index is 4.22. The predicted molar refractivity (Wildman–Crippen MR) is 258 cm³/mol. The van der Waals surface area contributed by atoms with Gasteiger partial charge in [-0.15, -0.1) is 0 Å². The summed E-state index contributed by atoms with van der Waals surface area (Å²) in [5.74, 6) is -0.354. The van der Waals surface area contributed by atoms with Crippen molar-refractivity contribution in [3.05, 3.63) is 85.1 Å². The fourth-order valence-corrected chi connectivity index (χ4v) is 6.92. The highest BCUT2D eigenvalue weighted by molar-refractivity contribution is 7.45. The molecule has 2 unspecified atom stereocenters. The number of ether oxygens (including phenoxy) is 2. The quantitative estimate of drug-likeness (QED) is 0.0198. The molecule has 0 aromatic rings. The van der Waals surface area contributed by atoms with Crippen LogP contribution in [0.5, 0.6) is 0 Å². The number of hydrogen-bond acceptors (Lipinski definition) is 7. The molecule has 61 heavy (non-hydrogen) atoms. The lowest BCUT2D eigenvalue weighted by Gasteiger charge is -2.28. The largest absolute Gasteiger partial charge is 0.756 e. The normalized spacial score (nSPS) is 14.4. The third-order valence-electron chi connectivity index (χ3n) is 9.93. The maximum Gasteiger partial charge on any atom is 0.306 e. The van der Waals surface area contributed by atoms with Crippen molar-refractivity contribution in [1.29, 1.82) is 0 Å². The van der Waals surface area contributed by atoms with E-state index in [4.69, 9.17) is 18.5 Å². The zero-order valence-corrected chi connectivity index (χ0v) is 40.7. The number of hydrogen-bond donors (Lipinski definition) is 0. The van der Waals surface area contributed by atoms with Gasteiger partial charge in [-0.25, -0.2) is 0 Å². The molecule has 0 aliphatic carbocycles. The van der Waals surface area contributed by atoms with Crippen LogP contribution in [0.2, 0.25) is 0 Å². The molecule has 0 saturated carbocycles. The molecule has 0 heterocycles. The Bertz CT molecular complexity index is 1250. The van der Waals surface area contributed by atoms with Gasteiger partial charge in [0.2, 0.25) is 0 Å². The van der Waals surface area contributed by atoms with E-state index < -0.39 is 13.9 Å². The van der Waals surface area contributed by atoms with E-state index in [-0.39, 0.29) is 25.8 Å². The highest BCUT2D eigenvalue weighted by atomic mass is 31.2. The number of rotatable bonds is 44. The van der Waals surface area contributed by atoms with E-state index in [1.165, 1.54) is 77.0 Å². The molecule has 0 rings (SSSR count). The summed E-state index contributed by atoms with van der Waals surface area (Å²) in [6.07, 6.45) is 58.8. The standard InChI is InChI=1S/C52H92NO7P/c1-6-8-10-12-14-16-18-20-22-23-24-25-26-27-28-29-30-31-32-33-35-37-39-41-43-45-52(54)60-51(50-59-61(55,56)58-48-46-53(3,4)5)49-57-47-44-42-40-38-36-34-21-19-17-15-13-11-9-7-2/h8,10,14,16-17,19-20,22,24-25,27-28,30-31,51H,6-7,9,11-13,15,18,21,23,26,29,32-50H2,1-5H3/b10-8-,16-14-,19-17-,22-20-,25-24-,28-27-,31-30-. The first-order valence-electron chi connectivity index (χ1n) is 24.3. The van der Waals surface area contributed by atoms with E-state index in [1.54, 1.807) is 0 Å². The van der Waals surface area contributed by atoms with E-state index in [9.17, 15) is 14.3 Å². The molecular formula is C52H92NO7P. The van der Waals surface area contributed by atoms with E-state index in [1.807, 2.05) is 21.1 Å². The van der Waals surface area contributed by atoms with E-state index in [0.717, 1.165) is 83.5 Å². The second kappa shape index (κ2) is 44.3. The summed E-state index contributed by atoms with van der Waals surface area (Å²) in [6.45, 7) is 5.24. The summed E-state index contributed by atoms with van der Waals surface area (Å²) in [5, 5.41) is 0. The van der Waals surface area contributed by atoms with Crippen molar-refractivity contribution in [2.75, 3.05) is 54.1 Å². The number of esters is 1. The van der Waals surface area contributed by atoms with E-state index in [0.29, 0.717) is 24.1 Å². The van der Waals surface area contributed by atoms with Gasteiger partial charge < -0.3 is 27.9 Å². The van der Waals surface area contributed by atoms with Crippen molar-refractivity contribution < 1.29 is 37.3 Å². The molecule has 0 fully saturated rings. The molecule has 0 spiro atoms. The van der Waals surface area contributed by atoms with Gasteiger partial charge in [-0.2, -0.15) is 0 Å². The van der Waals surface area contributed by atoms with Crippen molar-refractivity contribution in [2.24, 2.45) is 0 Å². The maximum absolute atomic E-state index is 12.7. The van der Waals surface area contributed by atoms with E-state index >= 15 is 0 Å². The zero-order chi connectivity index (χ0) is 44.8. The van der Waals surface area contributed by atoms with Crippen molar-refractivity contribution in [1.82, 2.24) is 0 Å². The molecule has 2 atom stereocenters. The van der Waals surface area contributed by atoms with Crippen LogP contribution in [0.1, 0.15) is 181 Å². The Morgan fingerprint density at radius 1 is 0.525 bits per heavy atom. The first-order chi connectivity index (χ1) is 29.6. The fraction of sp³-hybridized carbons (Fsp3) is 0.712. The Kier molecular flexibility index (Phi) is 42.6. The lowest BCUT2D eigenvalue weighted by Crippen LogP contribution is -2.37. The fourth-order valence-electron chi connectivity index (χ4n) is 6.19. The second-order valence-electron chi connectivity index (χ2n) is 17.1. The Hall–Kier alpha value is -2.32. The van der Waals surface area contributed by atoms with Crippen LogP contribution in [0.15, 0.2) is 85.1 Å². The van der Waals surface area contributed by atoms with Gasteiger partial charge in [0.15, 0.2) is 0 Å². The molecule has 0 radical (unpaired) electrons. The van der Waals surface area contributed by atoms with Crippen LogP contribution in [-0.4, -0.2) is 70.7 Å². The molecule has 0 aromatic heterocycles. The number of likely N-dealkylation sites (N-methyl/N-ethyl adjacent to an activating group) is 1. The molecule has 352 valence electrons. The Morgan fingerprint density at radius 3 is 1.44 bits per heavy atom. The summed E-state index contributed by atoms with van der Waals surface area (Å²) in [5.41, 5.74) is 0. The summed E-state index contributed by atoms with van der Waals surface area (Å²) in [6, 6.07) is 0. The van der Waals surface area contributed by atoms with Gasteiger partial charge in [0.1, 0.15) is 19.3 Å². The van der Waals surface area contributed by atoms with Gasteiger partial charge in [0.05, 0.1) is 34.4 Å².